The van der Waals surface area contributed by atoms with Gasteiger partial charge in [0.15, 0.2) is 0 Å². The number of hydrogen-bond acceptors (Lipinski definition) is 3. The summed E-state index contributed by atoms with van der Waals surface area (Å²) in [6.07, 6.45) is 7.26. The number of aryl methyl sites for hydroxylation is 1. The minimum absolute atomic E-state index is 0.0459. The molecule has 1 unspecified atom stereocenters. The number of benzene rings is 1. The van der Waals surface area contributed by atoms with Gasteiger partial charge >= 0.3 is 0 Å². The van der Waals surface area contributed by atoms with Gasteiger partial charge in [0.25, 0.3) is 0 Å². The number of nitrogens with zero attached hydrogens (tertiary/aromatic N) is 2. The number of carbonyl (C=O) groups excluding carboxylic acids is 1. The first kappa shape index (κ1) is 12.7. The van der Waals surface area contributed by atoms with E-state index in [0.29, 0.717) is 6.04 Å². The SMILES string of the molecule is Cc1cc(-c2cccnc2)cc2c1C(C=O)N(C1CC1)C2. The molecule has 1 fully saturated rings. The molecule has 106 valence electrons. The first-order chi connectivity index (χ1) is 10.3. The average Bonchev–Trinajstić information content (AvgIpc) is 3.28. The highest BCUT2D eigenvalue weighted by atomic mass is 16.1. The van der Waals surface area contributed by atoms with E-state index in [1.165, 1.54) is 35.1 Å². The van der Waals surface area contributed by atoms with E-state index in [-0.39, 0.29) is 6.04 Å². The summed E-state index contributed by atoms with van der Waals surface area (Å²) < 4.78 is 0. The van der Waals surface area contributed by atoms with Gasteiger partial charge in [0.1, 0.15) is 6.29 Å². The van der Waals surface area contributed by atoms with Crippen LogP contribution in [0, 0.1) is 6.92 Å². The summed E-state index contributed by atoms with van der Waals surface area (Å²) in [5.74, 6) is 0. The molecular weight excluding hydrogens is 260 g/mol. The monoisotopic (exact) mass is 278 g/mol. The lowest BCUT2D eigenvalue weighted by Crippen LogP contribution is -2.25. The molecule has 3 heteroatoms. The zero-order valence-electron chi connectivity index (χ0n) is 12.1. The van der Waals surface area contributed by atoms with Crippen LogP contribution in [0.15, 0.2) is 36.7 Å². The van der Waals surface area contributed by atoms with Gasteiger partial charge in [-0.3, -0.25) is 9.88 Å². The van der Waals surface area contributed by atoms with Gasteiger partial charge in [-0.15, -0.1) is 0 Å². The zero-order valence-corrected chi connectivity index (χ0v) is 12.1. The molecule has 0 amide bonds. The van der Waals surface area contributed by atoms with Gasteiger partial charge in [-0.1, -0.05) is 12.1 Å². The number of pyridine rings is 1. The topological polar surface area (TPSA) is 33.2 Å². The quantitative estimate of drug-likeness (QED) is 0.808. The van der Waals surface area contributed by atoms with Crippen LogP contribution >= 0.6 is 0 Å². The molecule has 0 saturated heterocycles. The summed E-state index contributed by atoms with van der Waals surface area (Å²) in [7, 11) is 0. The van der Waals surface area contributed by atoms with E-state index >= 15 is 0 Å². The van der Waals surface area contributed by atoms with E-state index < -0.39 is 0 Å². The summed E-state index contributed by atoms with van der Waals surface area (Å²) in [6, 6.07) is 9.02. The maximum atomic E-state index is 11.6. The Hall–Kier alpha value is -2.00. The van der Waals surface area contributed by atoms with Crippen LogP contribution in [0.5, 0.6) is 0 Å². The fraction of sp³-hybridized carbons (Fsp3) is 0.333. The molecule has 1 aromatic heterocycles. The second kappa shape index (κ2) is 4.78. The van der Waals surface area contributed by atoms with E-state index in [2.05, 4.69) is 35.0 Å². The van der Waals surface area contributed by atoms with Crippen molar-refractivity contribution >= 4 is 6.29 Å². The van der Waals surface area contributed by atoms with Crippen LogP contribution in [-0.4, -0.2) is 22.2 Å². The summed E-state index contributed by atoms with van der Waals surface area (Å²) in [5, 5.41) is 0. The van der Waals surface area contributed by atoms with Crippen molar-refractivity contribution in [1.82, 2.24) is 9.88 Å². The minimum Gasteiger partial charge on any atom is -0.301 e. The van der Waals surface area contributed by atoms with E-state index in [9.17, 15) is 4.79 Å². The van der Waals surface area contributed by atoms with Gasteiger partial charge in [-0.05, 0) is 54.2 Å². The highest BCUT2D eigenvalue weighted by molar-refractivity contribution is 5.71. The molecule has 0 spiro atoms. The number of aldehydes is 1. The Kier molecular flexibility index (Phi) is 2.89. The second-order valence-corrected chi connectivity index (χ2v) is 6.09. The predicted molar refractivity (Wildman–Crippen MR) is 81.8 cm³/mol. The number of fused-ring (bicyclic) bond motifs is 1. The molecule has 2 heterocycles. The standard InChI is InChI=1S/C18H18N2O/c1-12-7-14(13-3-2-6-19-9-13)8-15-10-20(16-4-5-16)17(11-21)18(12)15/h2-3,6-9,11,16-17H,4-5,10H2,1H3. The van der Waals surface area contributed by atoms with Crippen LogP contribution < -0.4 is 0 Å². The lowest BCUT2D eigenvalue weighted by Gasteiger charge is -2.20. The molecule has 1 aliphatic carbocycles. The molecule has 1 atom stereocenters. The van der Waals surface area contributed by atoms with E-state index in [0.717, 1.165) is 18.4 Å². The largest absolute Gasteiger partial charge is 0.301 e. The van der Waals surface area contributed by atoms with Crippen LogP contribution in [0.25, 0.3) is 11.1 Å². The Bertz CT molecular complexity index is 692. The zero-order chi connectivity index (χ0) is 14.4. The molecule has 0 N–H and O–H groups in total. The van der Waals surface area contributed by atoms with Crippen molar-refractivity contribution in [2.45, 2.75) is 38.4 Å². The Morgan fingerprint density at radius 3 is 2.81 bits per heavy atom. The molecular formula is C18H18N2O. The molecule has 1 saturated carbocycles. The molecule has 2 aliphatic rings. The fourth-order valence-electron chi connectivity index (χ4n) is 3.50. The van der Waals surface area contributed by atoms with Crippen LogP contribution in [-0.2, 0) is 11.3 Å². The molecule has 3 nitrogen and oxygen atoms in total. The molecule has 4 rings (SSSR count). The van der Waals surface area contributed by atoms with Gasteiger partial charge in [0.2, 0.25) is 0 Å². The van der Waals surface area contributed by atoms with Crippen LogP contribution in [0.1, 0.15) is 35.6 Å². The number of rotatable bonds is 3. The summed E-state index contributed by atoms with van der Waals surface area (Å²) in [5.41, 5.74) is 6.08. The third kappa shape index (κ3) is 2.09. The van der Waals surface area contributed by atoms with Crippen molar-refractivity contribution in [3.05, 3.63) is 53.3 Å². The van der Waals surface area contributed by atoms with E-state index in [1.54, 1.807) is 6.20 Å². The van der Waals surface area contributed by atoms with Gasteiger partial charge in [0.05, 0.1) is 6.04 Å². The Labute approximate surface area is 124 Å². The van der Waals surface area contributed by atoms with Crippen molar-refractivity contribution in [3.8, 4) is 11.1 Å². The Morgan fingerprint density at radius 1 is 1.29 bits per heavy atom. The number of carbonyl (C=O) groups is 1. The van der Waals surface area contributed by atoms with E-state index in [1.807, 2.05) is 12.3 Å². The Balaban J connectivity index is 1.79. The number of aromatic nitrogens is 1. The average molecular weight is 278 g/mol. The molecule has 0 radical (unpaired) electrons. The fourth-order valence-corrected chi connectivity index (χ4v) is 3.50. The van der Waals surface area contributed by atoms with Crippen LogP contribution in [0.4, 0.5) is 0 Å². The van der Waals surface area contributed by atoms with Gasteiger partial charge in [0, 0.05) is 30.5 Å². The van der Waals surface area contributed by atoms with Crippen molar-refractivity contribution in [1.29, 1.82) is 0 Å². The molecule has 1 aromatic carbocycles. The maximum Gasteiger partial charge on any atom is 0.141 e. The highest BCUT2D eigenvalue weighted by Gasteiger charge is 2.40. The van der Waals surface area contributed by atoms with Gasteiger partial charge in [-0.2, -0.15) is 0 Å². The third-order valence-electron chi connectivity index (χ3n) is 4.62. The Morgan fingerprint density at radius 2 is 2.14 bits per heavy atom. The maximum absolute atomic E-state index is 11.6. The van der Waals surface area contributed by atoms with Gasteiger partial charge < -0.3 is 4.79 Å². The predicted octanol–water partition coefficient (Wildman–Crippen LogP) is 3.28. The molecule has 2 aromatic rings. The van der Waals surface area contributed by atoms with Gasteiger partial charge in [-0.25, -0.2) is 0 Å². The normalized spacial score (nSPS) is 21.3. The minimum atomic E-state index is -0.0459. The molecule has 1 aliphatic heterocycles. The first-order valence-corrected chi connectivity index (χ1v) is 7.53. The van der Waals surface area contributed by atoms with Crippen molar-refractivity contribution < 1.29 is 4.79 Å². The summed E-state index contributed by atoms with van der Waals surface area (Å²) in [6.45, 7) is 3.02. The lowest BCUT2D eigenvalue weighted by molar-refractivity contribution is -0.112. The van der Waals surface area contributed by atoms with E-state index in [4.69, 9.17) is 0 Å². The highest BCUT2D eigenvalue weighted by Crippen LogP contribution is 2.43. The summed E-state index contributed by atoms with van der Waals surface area (Å²) in [4.78, 5) is 18.1. The molecule has 0 bridgehead atoms. The summed E-state index contributed by atoms with van der Waals surface area (Å²) >= 11 is 0. The number of hydrogen-bond donors (Lipinski definition) is 0. The van der Waals surface area contributed by atoms with Crippen LogP contribution in [0.2, 0.25) is 0 Å². The van der Waals surface area contributed by atoms with Crippen molar-refractivity contribution in [3.63, 3.8) is 0 Å². The first-order valence-electron chi connectivity index (χ1n) is 7.53. The van der Waals surface area contributed by atoms with Crippen molar-refractivity contribution in [2.24, 2.45) is 0 Å². The van der Waals surface area contributed by atoms with Crippen molar-refractivity contribution in [2.75, 3.05) is 0 Å². The lowest BCUT2D eigenvalue weighted by atomic mass is 9.94. The third-order valence-corrected chi connectivity index (χ3v) is 4.62. The van der Waals surface area contributed by atoms with Crippen LogP contribution in [0.3, 0.4) is 0 Å². The smallest absolute Gasteiger partial charge is 0.141 e. The second-order valence-electron chi connectivity index (χ2n) is 6.09. The molecule has 21 heavy (non-hydrogen) atoms.